The van der Waals surface area contributed by atoms with Crippen molar-refractivity contribution in [1.82, 2.24) is 0 Å². The van der Waals surface area contributed by atoms with Crippen LogP contribution in [0.3, 0.4) is 0 Å². The molecular formula is C20H18ClN3O2. The summed E-state index contributed by atoms with van der Waals surface area (Å²) in [6.07, 6.45) is 1.58. The standard InChI is InChI=1S/C20H18ClN3O2/c21-17-3-5-18(6-4-17)23-20(25)16(14-22)13-15-1-7-19(8-2-15)24-9-11-26-12-10-24/h1-8,13H,9-12H2,(H,23,25)/b16-13-. The molecule has 0 aliphatic carbocycles. The third kappa shape index (κ3) is 4.63. The Labute approximate surface area is 157 Å². The predicted octanol–water partition coefficient (Wildman–Crippen LogP) is 3.72. The molecule has 0 radical (unpaired) electrons. The van der Waals surface area contributed by atoms with E-state index in [1.54, 1.807) is 30.3 Å². The first-order valence-corrected chi connectivity index (χ1v) is 8.65. The molecule has 1 N–H and O–H groups in total. The molecule has 2 aromatic carbocycles. The average molecular weight is 368 g/mol. The van der Waals surface area contributed by atoms with Gasteiger partial charge in [-0.3, -0.25) is 4.79 Å². The van der Waals surface area contributed by atoms with Gasteiger partial charge in [-0.15, -0.1) is 0 Å². The first kappa shape index (κ1) is 18.0. The highest BCUT2D eigenvalue weighted by molar-refractivity contribution is 6.30. The number of rotatable bonds is 4. The van der Waals surface area contributed by atoms with Crippen molar-refractivity contribution in [1.29, 1.82) is 5.26 Å². The van der Waals surface area contributed by atoms with Gasteiger partial charge in [-0.1, -0.05) is 23.7 Å². The number of nitrogens with zero attached hydrogens (tertiary/aromatic N) is 2. The summed E-state index contributed by atoms with van der Waals surface area (Å²) in [4.78, 5) is 14.5. The van der Waals surface area contributed by atoms with Crippen molar-refractivity contribution in [2.24, 2.45) is 0 Å². The number of ether oxygens (including phenoxy) is 1. The summed E-state index contributed by atoms with van der Waals surface area (Å²) in [5.41, 5.74) is 2.53. The number of carbonyl (C=O) groups excluding carboxylic acids is 1. The number of nitrogens with one attached hydrogen (secondary N) is 1. The number of halogens is 1. The minimum atomic E-state index is -0.452. The van der Waals surface area contributed by atoms with Crippen LogP contribution in [0.15, 0.2) is 54.1 Å². The lowest BCUT2D eigenvalue weighted by Crippen LogP contribution is -2.36. The molecule has 1 heterocycles. The number of hydrogen-bond donors (Lipinski definition) is 1. The quantitative estimate of drug-likeness (QED) is 0.660. The molecular weight excluding hydrogens is 350 g/mol. The molecule has 0 saturated carbocycles. The van der Waals surface area contributed by atoms with Crippen LogP contribution in [-0.4, -0.2) is 32.2 Å². The Morgan fingerprint density at radius 2 is 1.77 bits per heavy atom. The van der Waals surface area contributed by atoms with Crippen LogP contribution in [0.25, 0.3) is 6.08 Å². The molecule has 0 bridgehead atoms. The van der Waals surface area contributed by atoms with E-state index in [1.165, 1.54) is 0 Å². The Balaban J connectivity index is 1.70. The Kier molecular flexibility index (Phi) is 5.90. The maximum absolute atomic E-state index is 12.3. The summed E-state index contributed by atoms with van der Waals surface area (Å²) in [7, 11) is 0. The summed E-state index contributed by atoms with van der Waals surface area (Å²) in [6.45, 7) is 3.18. The fourth-order valence-corrected chi connectivity index (χ4v) is 2.78. The molecule has 1 aliphatic rings. The van der Waals surface area contributed by atoms with Gasteiger partial charge in [0.15, 0.2) is 0 Å². The van der Waals surface area contributed by atoms with E-state index >= 15 is 0 Å². The zero-order valence-corrected chi connectivity index (χ0v) is 14.9. The third-order valence-electron chi connectivity index (χ3n) is 4.05. The summed E-state index contributed by atoms with van der Waals surface area (Å²) >= 11 is 5.83. The lowest BCUT2D eigenvalue weighted by atomic mass is 10.1. The fraction of sp³-hybridized carbons (Fsp3) is 0.200. The summed E-state index contributed by atoms with van der Waals surface area (Å²) < 4.78 is 5.35. The highest BCUT2D eigenvalue weighted by Gasteiger charge is 2.12. The molecule has 2 aromatic rings. The molecule has 26 heavy (non-hydrogen) atoms. The van der Waals surface area contributed by atoms with Gasteiger partial charge in [0.05, 0.1) is 13.2 Å². The molecule has 132 valence electrons. The van der Waals surface area contributed by atoms with Gasteiger partial charge in [-0.05, 0) is 48.0 Å². The minimum absolute atomic E-state index is 0.0408. The fourth-order valence-electron chi connectivity index (χ4n) is 2.65. The van der Waals surface area contributed by atoms with E-state index in [0.717, 1.165) is 37.6 Å². The van der Waals surface area contributed by atoms with Gasteiger partial charge in [0, 0.05) is 29.5 Å². The molecule has 0 atom stereocenters. The first-order valence-electron chi connectivity index (χ1n) is 8.27. The SMILES string of the molecule is N#C/C(=C/c1ccc(N2CCOCC2)cc1)C(=O)Nc1ccc(Cl)cc1. The molecule has 1 fully saturated rings. The highest BCUT2D eigenvalue weighted by atomic mass is 35.5. The summed E-state index contributed by atoms with van der Waals surface area (Å²) in [6, 6.07) is 16.5. The second kappa shape index (κ2) is 8.52. The van der Waals surface area contributed by atoms with Crippen LogP contribution in [0.5, 0.6) is 0 Å². The molecule has 0 aromatic heterocycles. The van der Waals surface area contributed by atoms with Crippen LogP contribution >= 0.6 is 11.6 Å². The van der Waals surface area contributed by atoms with Crippen molar-refractivity contribution in [3.05, 3.63) is 64.7 Å². The van der Waals surface area contributed by atoms with Gasteiger partial charge >= 0.3 is 0 Å². The summed E-state index contributed by atoms with van der Waals surface area (Å²) in [5.74, 6) is -0.452. The van der Waals surface area contributed by atoms with Gasteiger partial charge in [0.25, 0.3) is 5.91 Å². The number of anilines is 2. The van der Waals surface area contributed by atoms with Crippen molar-refractivity contribution >= 4 is 35.0 Å². The smallest absolute Gasteiger partial charge is 0.266 e. The number of nitriles is 1. The largest absolute Gasteiger partial charge is 0.378 e. The number of benzene rings is 2. The topological polar surface area (TPSA) is 65.4 Å². The predicted molar refractivity (Wildman–Crippen MR) is 103 cm³/mol. The molecule has 1 saturated heterocycles. The van der Waals surface area contributed by atoms with E-state index in [-0.39, 0.29) is 5.57 Å². The van der Waals surface area contributed by atoms with Gasteiger partial charge in [0.1, 0.15) is 11.6 Å². The van der Waals surface area contributed by atoms with Crippen molar-refractivity contribution in [2.45, 2.75) is 0 Å². The van der Waals surface area contributed by atoms with Crippen LogP contribution in [0.2, 0.25) is 5.02 Å². The number of morpholine rings is 1. The third-order valence-corrected chi connectivity index (χ3v) is 4.30. The van der Waals surface area contributed by atoms with Crippen LogP contribution in [0.4, 0.5) is 11.4 Å². The van der Waals surface area contributed by atoms with E-state index in [9.17, 15) is 10.1 Å². The van der Waals surface area contributed by atoms with Crippen LogP contribution in [0, 0.1) is 11.3 Å². The average Bonchev–Trinajstić information content (AvgIpc) is 2.69. The zero-order chi connectivity index (χ0) is 18.4. The second-order valence-electron chi connectivity index (χ2n) is 5.82. The van der Waals surface area contributed by atoms with Crippen LogP contribution in [-0.2, 0) is 9.53 Å². The molecule has 0 spiro atoms. The zero-order valence-electron chi connectivity index (χ0n) is 14.1. The Bertz CT molecular complexity index is 833. The first-order chi connectivity index (χ1) is 12.7. The Hall–Kier alpha value is -2.81. The van der Waals surface area contributed by atoms with Gasteiger partial charge in [-0.2, -0.15) is 5.26 Å². The number of carbonyl (C=O) groups is 1. The molecule has 0 unspecified atom stereocenters. The molecule has 6 heteroatoms. The van der Waals surface area contributed by atoms with Crippen molar-refractivity contribution in [2.75, 3.05) is 36.5 Å². The Morgan fingerprint density at radius 3 is 2.38 bits per heavy atom. The summed E-state index contributed by atoms with van der Waals surface area (Å²) in [5, 5.41) is 12.6. The maximum Gasteiger partial charge on any atom is 0.266 e. The van der Waals surface area contributed by atoms with E-state index in [4.69, 9.17) is 16.3 Å². The van der Waals surface area contributed by atoms with E-state index in [2.05, 4.69) is 10.2 Å². The van der Waals surface area contributed by atoms with Gasteiger partial charge < -0.3 is 15.0 Å². The van der Waals surface area contributed by atoms with E-state index in [1.807, 2.05) is 30.3 Å². The number of amides is 1. The van der Waals surface area contributed by atoms with E-state index in [0.29, 0.717) is 10.7 Å². The lowest BCUT2D eigenvalue weighted by molar-refractivity contribution is -0.112. The second-order valence-corrected chi connectivity index (χ2v) is 6.26. The van der Waals surface area contributed by atoms with Gasteiger partial charge in [-0.25, -0.2) is 0 Å². The number of hydrogen-bond acceptors (Lipinski definition) is 4. The Morgan fingerprint density at radius 1 is 1.12 bits per heavy atom. The lowest BCUT2D eigenvalue weighted by Gasteiger charge is -2.28. The minimum Gasteiger partial charge on any atom is -0.378 e. The van der Waals surface area contributed by atoms with Crippen molar-refractivity contribution in [3.8, 4) is 6.07 Å². The van der Waals surface area contributed by atoms with Gasteiger partial charge in [0.2, 0.25) is 0 Å². The molecule has 1 amide bonds. The monoisotopic (exact) mass is 367 g/mol. The van der Waals surface area contributed by atoms with Crippen LogP contribution < -0.4 is 10.2 Å². The van der Waals surface area contributed by atoms with Crippen LogP contribution in [0.1, 0.15) is 5.56 Å². The normalized spacial score (nSPS) is 14.6. The molecule has 5 nitrogen and oxygen atoms in total. The molecule has 3 rings (SSSR count). The van der Waals surface area contributed by atoms with Crippen molar-refractivity contribution < 1.29 is 9.53 Å². The van der Waals surface area contributed by atoms with E-state index < -0.39 is 5.91 Å². The maximum atomic E-state index is 12.3. The van der Waals surface area contributed by atoms with Crippen molar-refractivity contribution in [3.63, 3.8) is 0 Å². The molecule has 1 aliphatic heterocycles. The highest BCUT2D eigenvalue weighted by Crippen LogP contribution is 2.19.